The molecule has 1 unspecified atom stereocenters. The molecule has 1 aromatic rings. The van der Waals surface area contributed by atoms with E-state index in [1.165, 1.54) is 0 Å². The van der Waals surface area contributed by atoms with Gasteiger partial charge in [0.05, 0.1) is 11.7 Å². The second-order valence-corrected chi connectivity index (χ2v) is 6.12. The average molecular weight is 300 g/mol. The van der Waals surface area contributed by atoms with Gasteiger partial charge in [0, 0.05) is 38.8 Å². The lowest BCUT2D eigenvalue weighted by atomic mass is 10.1. The Morgan fingerprint density at radius 1 is 1.25 bits per heavy atom. The van der Waals surface area contributed by atoms with Gasteiger partial charge in [0.2, 0.25) is 0 Å². The van der Waals surface area contributed by atoms with Crippen molar-refractivity contribution in [2.24, 2.45) is 0 Å². The number of aromatic nitrogens is 2. The van der Waals surface area contributed by atoms with Crippen molar-refractivity contribution >= 4 is 11.6 Å². The van der Waals surface area contributed by atoms with Crippen molar-refractivity contribution in [3.63, 3.8) is 0 Å². The molecule has 6 heteroatoms. The van der Waals surface area contributed by atoms with Crippen molar-refractivity contribution in [2.45, 2.75) is 32.9 Å². The number of aryl methyl sites for hydroxylation is 1. The number of likely N-dealkylation sites (N-methyl/N-ethyl adjacent to an activating group) is 1. The molecule has 1 aliphatic heterocycles. The van der Waals surface area contributed by atoms with Crippen molar-refractivity contribution in [1.82, 2.24) is 25.1 Å². The maximum atomic E-state index is 6.27. The quantitative estimate of drug-likeness (QED) is 0.868. The van der Waals surface area contributed by atoms with Gasteiger partial charge in [-0.05, 0) is 27.8 Å². The smallest absolute Gasteiger partial charge is 0.152 e. The molecule has 0 aromatic carbocycles. The number of halogens is 1. The summed E-state index contributed by atoms with van der Waals surface area (Å²) in [6, 6.07) is 0.890. The molecule has 0 aliphatic carbocycles. The lowest BCUT2D eigenvalue weighted by Gasteiger charge is -2.40. The molecule has 5 nitrogen and oxygen atoms in total. The third-order valence-corrected chi connectivity index (χ3v) is 4.34. The van der Waals surface area contributed by atoms with Crippen LogP contribution in [0.1, 0.15) is 31.4 Å². The Morgan fingerprint density at radius 3 is 2.30 bits per heavy atom. The summed E-state index contributed by atoms with van der Waals surface area (Å²) in [5.74, 6) is 0.881. The zero-order chi connectivity index (χ0) is 14.7. The van der Waals surface area contributed by atoms with E-state index in [1.54, 1.807) is 0 Å². The van der Waals surface area contributed by atoms with Gasteiger partial charge in [-0.3, -0.25) is 9.80 Å². The highest BCUT2D eigenvalue weighted by Crippen LogP contribution is 2.26. The molecule has 0 amide bonds. The molecule has 0 saturated carbocycles. The molecule has 2 N–H and O–H groups in total. The lowest BCUT2D eigenvalue weighted by Crippen LogP contribution is -2.51. The number of aromatic amines is 1. The molecular weight excluding hydrogens is 274 g/mol. The van der Waals surface area contributed by atoms with Crippen molar-refractivity contribution in [3.05, 3.63) is 16.7 Å². The van der Waals surface area contributed by atoms with E-state index in [-0.39, 0.29) is 6.04 Å². The van der Waals surface area contributed by atoms with Crippen LogP contribution in [0.5, 0.6) is 0 Å². The summed E-state index contributed by atoms with van der Waals surface area (Å²) < 4.78 is 0. The van der Waals surface area contributed by atoms with Crippen LogP contribution in [0, 0.1) is 6.92 Å². The predicted molar refractivity (Wildman–Crippen MR) is 83.3 cm³/mol. The molecule has 20 heavy (non-hydrogen) atoms. The molecule has 0 radical (unpaired) electrons. The minimum Gasteiger partial charge on any atom is -0.343 e. The Labute approximate surface area is 126 Å². The van der Waals surface area contributed by atoms with Gasteiger partial charge in [-0.15, -0.1) is 0 Å². The molecule has 2 rings (SSSR count). The SMILES string of the molecule is CNCC(c1[nH]c(C)nc1Cl)N1CCN(C(C)C)CC1. The highest BCUT2D eigenvalue weighted by Gasteiger charge is 2.28. The molecule has 0 bridgehead atoms. The zero-order valence-corrected chi connectivity index (χ0v) is 13.7. The normalized spacial score (nSPS) is 19.7. The standard InChI is InChI=1S/C14H26ClN5/c1-10(2)19-5-7-20(8-6-19)12(9-16-4)13-14(15)18-11(3)17-13/h10,12,16H,5-9H2,1-4H3,(H,17,18). The number of H-pyrrole nitrogens is 1. The largest absolute Gasteiger partial charge is 0.343 e. The number of nitrogens with one attached hydrogen (secondary N) is 2. The third kappa shape index (κ3) is 3.52. The van der Waals surface area contributed by atoms with Crippen LogP contribution >= 0.6 is 11.6 Å². The van der Waals surface area contributed by atoms with E-state index in [0.717, 1.165) is 44.2 Å². The Morgan fingerprint density at radius 2 is 1.85 bits per heavy atom. The zero-order valence-electron chi connectivity index (χ0n) is 12.9. The van der Waals surface area contributed by atoms with Crippen LogP contribution in [0.3, 0.4) is 0 Å². The van der Waals surface area contributed by atoms with Crippen LogP contribution in [-0.4, -0.2) is 65.6 Å². The summed E-state index contributed by atoms with van der Waals surface area (Å²) in [5, 5.41) is 3.88. The highest BCUT2D eigenvalue weighted by molar-refractivity contribution is 6.30. The maximum Gasteiger partial charge on any atom is 0.152 e. The maximum absolute atomic E-state index is 6.27. The number of rotatable bonds is 5. The van der Waals surface area contributed by atoms with E-state index in [0.29, 0.717) is 11.2 Å². The second-order valence-electron chi connectivity index (χ2n) is 5.77. The molecule has 1 saturated heterocycles. The first-order valence-corrected chi connectivity index (χ1v) is 7.75. The van der Waals surface area contributed by atoms with Crippen LogP contribution in [0.15, 0.2) is 0 Å². The van der Waals surface area contributed by atoms with Gasteiger partial charge >= 0.3 is 0 Å². The van der Waals surface area contributed by atoms with Gasteiger partial charge in [0.1, 0.15) is 5.82 Å². The van der Waals surface area contributed by atoms with Crippen LogP contribution < -0.4 is 5.32 Å². The van der Waals surface area contributed by atoms with E-state index in [4.69, 9.17) is 11.6 Å². The van der Waals surface area contributed by atoms with Gasteiger partial charge in [0.25, 0.3) is 0 Å². The monoisotopic (exact) mass is 299 g/mol. The summed E-state index contributed by atoms with van der Waals surface area (Å²) in [6.07, 6.45) is 0. The Bertz CT molecular complexity index is 423. The summed E-state index contributed by atoms with van der Waals surface area (Å²) in [5.41, 5.74) is 1.04. The number of hydrogen-bond acceptors (Lipinski definition) is 4. The van der Waals surface area contributed by atoms with Crippen LogP contribution in [0.25, 0.3) is 0 Å². The van der Waals surface area contributed by atoms with E-state index in [9.17, 15) is 0 Å². The number of nitrogens with zero attached hydrogens (tertiary/aromatic N) is 3. The Balaban J connectivity index is 2.08. The summed E-state index contributed by atoms with van der Waals surface area (Å²) in [6.45, 7) is 11.7. The van der Waals surface area contributed by atoms with Crippen molar-refractivity contribution < 1.29 is 0 Å². The van der Waals surface area contributed by atoms with Crippen LogP contribution in [0.2, 0.25) is 5.15 Å². The second kappa shape index (κ2) is 6.89. The van der Waals surface area contributed by atoms with E-state index in [1.807, 2.05) is 14.0 Å². The Kier molecular flexibility index (Phi) is 5.43. The third-order valence-electron chi connectivity index (χ3n) is 4.05. The van der Waals surface area contributed by atoms with E-state index in [2.05, 4.69) is 38.9 Å². The summed E-state index contributed by atoms with van der Waals surface area (Å²) in [4.78, 5) is 12.6. The van der Waals surface area contributed by atoms with Gasteiger partial charge in [-0.1, -0.05) is 11.6 Å². The number of imidazole rings is 1. The number of piperazine rings is 1. The number of hydrogen-bond donors (Lipinski definition) is 2. The highest BCUT2D eigenvalue weighted by atomic mass is 35.5. The van der Waals surface area contributed by atoms with E-state index < -0.39 is 0 Å². The molecule has 1 fully saturated rings. The summed E-state index contributed by atoms with van der Waals surface area (Å²) in [7, 11) is 1.98. The van der Waals surface area contributed by atoms with Crippen LogP contribution in [-0.2, 0) is 0 Å². The molecular formula is C14H26ClN5. The molecule has 1 aromatic heterocycles. The van der Waals surface area contributed by atoms with Crippen molar-refractivity contribution in [1.29, 1.82) is 0 Å². The molecule has 0 spiro atoms. The first-order chi connectivity index (χ1) is 9.52. The van der Waals surface area contributed by atoms with Gasteiger partial charge in [-0.25, -0.2) is 4.98 Å². The molecule has 1 aliphatic rings. The van der Waals surface area contributed by atoms with Crippen molar-refractivity contribution in [3.8, 4) is 0 Å². The average Bonchev–Trinajstić information content (AvgIpc) is 2.75. The molecule has 114 valence electrons. The van der Waals surface area contributed by atoms with Crippen molar-refractivity contribution in [2.75, 3.05) is 39.8 Å². The predicted octanol–water partition coefficient (Wildman–Crippen LogP) is 1.66. The first-order valence-electron chi connectivity index (χ1n) is 7.37. The van der Waals surface area contributed by atoms with Gasteiger partial charge in [-0.2, -0.15) is 0 Å². The minimum atomic E-state index is 0.267. The molecule has 1 atom stereocenters. The molecule has 2 heterocycles. The fraction of sp³-hybridized carbons (Fsp3) is 0.786. The Hall–Kier alpha value is -0.620. The lowest BCUT2D eigenvalue weighted by molar-refractivity contribution is 0.0768. The van der Waals surface area contributed by atoms with E-state index >= 15 is 0 Å². The summed E-state index contributed by atoms with van der Waals surface area (Å²) >= 11 is 6.27. The fourth-order valence-electron chi connectivity index (χ4n) is 2.88. The first kappa shape index (κ1) is 15.8. The van der Waals surface area contributed by atoms with Gasteiger partial charge in [0.15, 0.2) is 5.15 Å². The topological polar surface area (TPSA) is 47.2 Å². The fourth-order valence-corrected chi connectivity index (χ4v) is 3.18. The van der Waals surface area contributed by atoms with Gasteiger partial charge < -0.3 is 10.3 Å². The van der Waals surface area contributed by atoms with Crippen LogP contribution in [0.4, 0.5) is 0 Å². The minimum absolute atomic E-state index is 0.267.